The minimum atomic E-state index is -0.672. The first kappa shape index (κ1) is 32.9. The maximum Gasteiger partial charge on any atom is 0.240 e. The van der Waals surface area contributed by atoms with E-state index in [9.17, 15) is 9.90 Å². The molecule has 242 valence electrons. The van der Waals surface area contributed by atoms with Crippen molar-refractivity contribution in [1.82, 2.24) is 20.2 Å². The zero-order chi connectivity index (χ0) is 31.9. The number of rotatable bonds is 11. The number of amides is 1. The van der Waals surface area contributed by atoms with Crippen molar-refractivity contribution < 1.29 is 19.5 Å². The summed E-state index contributed by atoms with van der Waals surface area (Å²) in [6, 6.07) is 12.5. The van der Waals surface area contributed by atoms with Crippen molar-refractivity contribution in [2.45, 2.75) is 78.4 Å². The van der Waals surface area contributed by atoms with Gasteiger partial charge in [-0.2, -0.15) is 5.06 Å². The number of carbonyl (C=O) groups excluding carboxylic acids is 1. The van der Waals surface area contributed by atoms with E-state index in [0.29, 0.717) is 36.3 Å². The number of benzene rings is 2. The Morgan fingerprint density at radius 3 is 2.32 bits per heavy atom. The number of nitrogens with zero attached hydrogens (tertiary/aromatic N) is 3. The molecule has 1 saturated heterocycles. The van der Waals surface area contributed by atoms with Crippen LogP contribution in [0.3, 0.4) is 0 Å². The Bertz CT molecular complexity index is 1300. The van der Waals surface area contributed by atoms with E-state index in [1.54, 1.807) is 19.1 Å². The molecule has 1 aliphatic heterocycles. The minimum absolute atomic E-state index is 0.0517. The fraction of sp³-hybridized carbons (Fsp3) is 0.639. The second kappa shape index (κ2) is 13.1. The third kappa shape index (κ3) is 6.56. The Balaban J connectivity index is 1.41. The monoisotopic (exact) mass is 606 g/mol. The third-order valence-electron chi connectivity index (χ3n) is 10.7. The van der Waals surface area contributed by atoms with Gasteiger partial charge in [-0.15, -0.1) is 0 Å². The molecule has 0 aromatic heterocycles. The summed E-state index contributed by atoms with van der Waals surface area (Å²) in [6.45, 7) is 11.2. The zero-order valence-corrected chi connectivity index (χ0v) is 28.3. The Morgan fingerprint density at radius 2 is 1.77 bits per heavy atom. The van der Waals surface area contributed by atoms with Gasteiger partial charge in [0.2, 0.25) is 5.91 Å². The average Bonchev–Trinajstić information content (AvgIpc) is 3.36. The molecule has 44 heavy (non-hydrogen) atoms. The van der Waals surface area contributed by atoms with E-state index in [1.165, 1.54) is 17.5 Å². The molecule has 1 heterocycles. The molecule has 4 aliphatic rings. The Morgan fingerprint density at radius 1 is 1.11 bits per heavy atom. The van der Waals surface area contributed by atoms with E-state index in [0.717, 1.165) is 42.0 Å². The maximum absolute atomic E-state index is 14.0. The molecule has 4 fully saturated rings. The van der Waals surface area contributed by atoms with Gasteiger partial charge < -0.3 is 25.0 Å². The first-order valence-electron chi connectivity index (χ1n) is 16.3. The zero-order valence-electron chi connectivity index (χ0n) is 28.3. The number of hydrogen-bond donors (Lipinski definition) is 2. The van der Waals surface area contributed by atoms with Crippen LogP contribution in [0.5, 0.6) is 5.75 Å². The molecule has 0 spiro atoms. The van der Waals surface area contributed by atoms with E-state index >= 15 is 0 Å². The van der Waals surface area contributed by atoms with Crippen LogP contribution in [0.25, 0.3) is 11.1 Å². The summed E-state index contributed by atoms with van der Waals surface area (Å²) >= 11 is 0. The molecule has 0 unspecified atom stereocenters. The normalized spacial score (nSPS) is 28.6. The van der Waals surface area contributed by atoms with E-state index in [2.05, 4.69) is 88.3 Å². The molecule has 2 aromatic rings. The van der Waals surface area contributed by atoms with Crippen LogP contribution in [0.2, 0.25) is 0 Å². The SMILES string of the molecule is COc1c(CN2OC[C@H]([C@H](C)O)[C@H]2C(=O)N[C@H]2C[C@H]3C[C@@H]([C@@H]2C)C3(C)C)cccc1-c1cc(CN(C)C)cc(CN(C)C)c1. The Labute approximate surface area is 264 Å². The highest BCUT2D eigenvalue weighted by atomic mass is 16.7. The summed E-state index contributed by atoms with van der Waals surface area (Å²) in [4.78, 5) is 24.5. The summed E-state index contributed by atoms with van der Waals surface area (Å²) in [5.41, 5.74) is 5.90. The quantitative estimate of drug-likeness (QED) is 0.381. The number of aliphatic hydroxyl groups is 1. The number of ether oxygens (including phenoxy) is 1. The third-order valence-corrected chi connectivity index (χ3v) is 10.7. The number of hydroxylamine groups is 2. The summed E-state index contributed by atoms with van der Waals surface area (Å²) in [7, 11) is 10.0. The highest BCUT2D eigenvalue weighted by Crippen LogP contribution is 2.61. The molecule has 2 aromatic carbocycles. The van der Waals surface area contributed by atoms with Crippen molar-refractivity contribution in [1.29, 1.82) is 0 Å². The molecule has 3 saturated carbocycles. The van der Waals surface area contributed by atoms with Crippen LogP contribution in [0.1, 0.15) is 57.2 Å². The van der Waals surface area contributed by atoms with Gasteiger partial charge in [-0.05, 0) is 99.9 Å². The molecule has 1 amide bonds. The lowest BCUT2D eigenvalue weighted by Gasteiger charge is -2.62. The van der Waals surface area contributed by atoms with Gasteiger partial charge >= 0.3 is 0 Å². The second-order valence-electron chi connectivity index (χ2n) is 14.8. The molecular formula is C36H54N4O4. The van der Waals surface area contributed by atoms with Crippen molar-refractivity contribution >= 4 is 5.91 Å². The van der Waals surface area contributed by atoms with Gasteiger partial charge in [-0.1, -0.05) is 45.0 Å². The molecule has 2 bridgehead atoms. The Kier molecular flexibility index (Phi) is 9.78. The lowest BCUT2D eigenvalue weighted by molar-refractivity contribution is -0.161. The van der Waals surface area contributed by atoms with E-state index in [1.807, 2.05) is 12.1 Å². The second-order valence-corrected chi connectivity index (χ2v) is 14.8. The van der Waals surface area contributed by atoms with Gasteiger partial charge in [0.1, 0.15) is 11.8 Å². The Hall–Kier alpha value is -2.49. The van der Waals surface area contributed by atoms with E-state index in [-0.39, 0.29) is 17.9 Å². The standard InChI is InChI=1S/C36H54N4O4/c1-22-31-16-28(36(31,3)4)17-32(22)37-35(42)33-30(23(2)41)21-44-40(33)20-26-11-10-12-29(34(26)43-9)27-14-24(18-38(5)6)13-25(15-27)19-39(7)8/h10-15,22-23,28,30-33,41H,16-21H2,1-9H3,(H,37,42)/t22-,23-,28+,30+,31-,32-,33-/m0/s1. The molecule has 8 heteroatoms. The molecule has 0 radical (unpaired) electrons. The molecule has 8 nitrogen and oxygen atoms in total. The van der Waals surface area contributed by atoms with E-state index in [4.69, 9.17) is 9.57 Å². The smallest absolute Gasteiger partial charge is 0.240 e. The summed E-state index contributed by atoms with van der Waals surface area (Å²) in [5, 5.41) is 15.9. The van der Waals surface area contributed by atoms with Crippen molar-refractivity contribution in [3.63, 3.8) is 0 Å². The van der Waals surface area contributed by atoms with E-state index < -0.39 is 12.1 Å². The molecule has 3 aliphatic carbocycles. The minimum Gasteiger partial charge on any atom is -0.496 e. The fourth-order valence-corrected chi connectivity index (χ4v) is 8.22. The number of methoxy groups -OCH3 is 1. The highest BCUT2D eigenvalue weighted by molar-refractivity contribution is 5.83. The number of hydrogen-bond acceptors (Lipinski definition) is 7. The lowest BCUT2D eigenvalue weighted by Crippen LogP contribution is -2.62. The van der Waals surface area contributed by atoms with Crippen LogP contribution in [0, 0.1) is 29.1 Å². The molecule has 7 atom stereocenters. The maximum atomic E-state index is 14.0. The first-order valence-corrected chi connectivity index (χ1v) is 16.3. The van der Waals surface area contributed by atoms with Crippen molar-refractivity contribution in [3.8, 4) is 16.9 Å². The van der Waals surface area contributed by atoms with Crippen LogP contribution >= 0.6 is 0 Å². The molecule has 2 N–H and O–H groups in total. The highest BCUT2D eigenvalue weighted by Gasteiger charge is 2.57. The predicted octanol–water partition coefficient (Wildman–Crippen LogP) is 4.79. The number of nitrogens with one attached hydrogen (secondary N) is 1. The molecule has 6 rings (SSSR count). The average molecular weight is 607 g/mol. The van der Waals surface area contributed by atoms with Crippen LogP contribution in [0.4, 0.5) is 0 Å². The summed E-state index contributed by atoms with van der Waals surface area (Å²) < 4.78 is 6.07. The fourth-order valence-electron chi connectivity index (χ4n) is 8.22. The van der Waals surface area contributed by atoms with Crippen LogP contribution in [-0.4, -0.2) is 86.0 Å². The lowest BCUT2D eigenvalue weighted by atomic mass is 9.45. The largest absolute Gasteiger partial charge is 0.496 e. The summed E-state index contributed by atoms with van der Waals surface area (Å²) in [5.74, 6) is 2.12. The van der Waals surface area contributed by atoms with Crippen molar-refractivity contribution in [2.75, 3.05) is 41.9 Å². The van der Waals surface area contributed by atoms with Gasteiger partial charge in [0.25, 0.3) is 0 Å². The number of para-hydroxylation sites is 1. The summed E-state index contributed by atoms with van der Waals surface area (Å²) in [6.07, 6.45) is 1.61. The van der Waals surface area contributed by atoms with Crippen molar-refractivity contribution in [2.24, 2.45) is 29.1 Å². The van der Waals surface area contributed by atoms with Gasteiger partial charge in [0.05, 0.1) is 26.4 Å². The van der Waals surface area contributed by atoms with Crippen LogP contribution in [0.15, 0.2) is 36.4 Å². The van der Waals surface area contributed by atoms with Gasteiger partial charge in [-0.3, -0.25) is 9.63 Å². The first-order chi connectivity index (χ1) is 20.8. The van der Waals surface area contributed by atoms with Crippen LogP contribution in [-0.2, 0) is 29.3 Å². The van der Waals surface area contributed by atoms with Gasteiger partial charge in [-0.25, -0.2) is 0 Å². The predicted molar refractivity (Wildman–Crippen MR) is 175 cm³/mol. The number of fused-ring (bicyclic) bond motifs is 2. The topological polar surface area (TPSA) is 77.5 Å². The van der Waals surface area contributed by atoms with Crippen molar-refractivity contribution in [3.05, 3.63) is 53.1 Å². The number of carbonyl (C=O) groups is 1. The van der Waals surface area contributed by atoms with Gasteiger partial charge in [0.15, 0.2) is 0 Å². The van der Waals surface area contributed by atoms with Gasteiger partial charge in [0, 0.05) is 36.2 Å². The molecular weight excluding hydrogens is 552 g/mol. The number of aliphatic hydroxyl groups excluding tert-OH is 1. The van der Waals surface area contributed by atoms with Crippen LogP contribution < -0.4 is 10.1 Å².